The van der Waals surface area contributed by atoms with E-state index in [0.29, 0.717) is 6.04 Å². The van der Waals surface area contributed by atoms with Crippen LogP contribution < -0.4 is 5.32 Å². The molecule has 1 heterocycles. The summed E-state index contributed by atoms with van der Waals surface area (Å²) in [6.07, 6.45) is 1.84. The minimum Gasteiger partial charge on any atom is -0.341 e. The standard InChI is InChI=1S/C13H16ClN3/c1-9(2)15-8-13-16-7-12(17-13)10-4-3-5-11(14)6-10/h3-7,9,15H,8H2,1-2H3,(H,16,17). The summed E-state index contributed by atoms with van der Waals surface area (Å²) in [6, 6.07) is 8.19. The molecule has 0 radical (unpaired) electrons. The topological polar surface area (TPSA) is 40.7 Å². The van der Waals surface area contributed by atoms with Gasteiger partial charge in [-0.2, -0.15) is 0 Å². The third kappa shape index (κ3) is 3.32. The average Bonchev–Trinajstić information content (AvgIpc) is 2.75. The van der Waals surface area contributed by atoms with E-state index in [9.17, 15) is 0 Å². The van der Waals surface area contributed by atoms with Gasteiger partial charge in [0.05, 0.1) is 18.4 Å². The number of nitrogens with zero attached hydrogens (tertiary/aromatic N) is 1. The second-order valence-electron chi connectivity index (χ2n) is 4.29. The number of hydrogen-bond acceptors (Lipinski definition) is 2. The van der Waals surface area contributed by atoms with Gasteiger partial charge in [-0.15, -0.1) is 0 Å². The van der Waals surface area contributed by atoms with Crippen LogP contribution in [-0.2, 0) is 6.54 Å². The Morgan fingerprint density at radius 3 is 2.94 bits per heavy atom. The monoisotopic (exact) mass is 249 g/mol. The Labute approximate surface area is 106 Å². The van der Waals surface area contributed by atoms with Gasteiger partial charge in [-0.3, -0.25) is 0 Å². The minimum atomic E-state index is 0.453. The van der Waals surface area contributed by atoms with Gasteiger partial charge in [0.25, 0.3) is 0 Å². The fraction of sp³-hybridized carbons (Fsp3) is 0.308. The van der Waals surface area contributed by atoms with Crippen molar-refractivity contribution in [2.75, 3.05) is 0 Å². The molecule has 1 aromatic heterocycles. The maximum Gasteiger partial charge on any atom is 0.120 e. The van der Waals surface area contributed by atoms with Crippen LogP contribution in [0.2, 0.25) is 5.02 Å². The smallest absolute Gasteiger partial charge is 0.120 e. The summed E-state index contributed by atoms with van der Waals surface area (Å²) in [7, 11) is 0. The van der Waals surface area contributed by atoms with E-state index >= 15 is 0 Å². The van der Waals surface area contributed by atoms with Gasteiger partial charge in [0.1, 0.15) is 5.82 Å². The molecule has 0 bridgehead atoms. The lowest BCUT2D eigenvalue weighted by Crippen LogP contribution is -2.22. The minimum absolute atomic E-state index is 0.453. The Balaban J connectivity index is 2.12. The Morgan fingerprint density at radius 2 is 2.24 bits per heavy atom. The number of aromatic amines is 1. The van der Waals surface area contributed by atoms with Gasteiger partial charge in [-0.25, -0.2) is 4.98 Å². The lowest BCUT2D eigenvalue weighted by atomic mass is 10.2. The normalized spacial score (nSPS) is 11.1. The van der Waals surface area contributed by atoms with Crippen LogP contribution in [0, 0.1) is 0 Å². The van der Waals surface area contributed by atoms with Crippen molar-refractivity contribution in [3.8, 4) is 11.3 Å². The van der Waals surface area contributed by atoms with Crippen LogP contribution in [0.3, 0.4) is 0 Å². The highest BCUT2D eigenvalue weighted by molar-refractivity contribution is 6.30. The van der Waals surface area contributed by atoms with E-state index in [0.717, 1.165) is 28.6 Å². The third-order valence-corrected chi connectivity index (χ3v) is 2.68. The molecule has 90 valence electrons. The molecule has 3 nitrogen and oxygen atoms in total. The first-order chi connectivity index (χ1) is 8.15. The fourth-order valence-electron chi connectivity index (χ4n) is 1.56. The van der Waals surface area contributed by atoms with E-state index in [1.165, 1.54) is 0 Å². The molecule has 0 atom stereocenters. The van der Waals surface area contributed by atoms with Crippen molar-refractivity contribution in [3.05, 3.63) is 41.3 Å². The molecule has 0 fully saturated rings. The highest BCUT2D eigenvalue weighted by atomic mass is 35.5. The number of aromatic nitrogens is 2. The summed E-state index contributed by atoms with van der Waals surface area (Å²) in [5, 5.41) is 4.05. The van der Waals surface area contributed by atoms with Crippen molar-refractivity contribution in [1.82, 2.24) is 15.3 Å². The Kier molecular flexibility index (Phi) is 3.82. The predicted octanol–water partition coefficient (Wildman–Crippen LogP) is 3.23. The molecule has 2 aromatic rings. The van der Waals surface area contributed by atoms with Crippen molar-refractivity contribution >= 4 is 11.6 Å². The molecule has 0 unspecified atom stereocenters. The summed E-state index contributed by atoms with van der Waals surface area (Å²) in [5.74, 6) is 0.939. The number of benzene rings is 1. The molecule has 0 aliphatic carbocycles. The predicted molar refractivity (Wildman–Crippen MR) is 71.0 cm³/mol. The van der Waals surface area contributed by atoms with E-state index in [4.69, 9.17) is 11.6 Å². The third-order valence-electron chi connectivity index (χ3n) is 2.44. The lowest BCUT2D eigenvalue weighted by Gasteiger charge is -2.05. The van der Waals surface area contributed by atoms with Gasteiger partial charge >= 0.3 is 0 Å². The number of imidazole rings is 1. The van der Waals surface area contributed by atoms with Gasteiger partial charge in [0.15, 0.2) is 0 Å². The largest absolute Gasteiger partial charge is 0.341 e. The first kappa shape index (κ1) is 12.1. The molecule has 0 amide bonds. The maximum atomic E-state index is 5.96. The van der Waals surface area contributed by atoms with Crippen molar-refractivity contribution in [2.24, 2.45) is 0 Å². The molecular weight excluding hydrogens is 234 g/mol. The SMILES string of the molecule is CC(C)NCc1ncc(-c2cccc(Cl)c2)[nH]1. The van der Waals surface area contributed by atoms with E-state index in [-0.39, 0.29) is 0 Å². The van der Waals surface area contributed by atoms with Crippen LogP contribution in [0.1, 0.15) is 19.7 Å². The quantitative estimate of drug-likeness (QED) is 0.874. The zero-order valence-corrected chi connectivity index (χ0v) is 10.8. The Hall–Kier alpha value is -1.32. The van der Waals surface area contributed by atoms with Crippen LogP contribution in [-0.4, -0.2) is 16.0 Å². The summed E-state index contributed by atoms with van der Waals surface area (Å²) >= 11 is 5.96. The van der Waals surface area contributed by atoms with Crippen molar-refractivity contribution in [3.63, 3.8) is 0 Å². The van der Waals surface area contributed by atoms with Gasteiger partial charge < -0.3 is 10.3 Å². The van der Waals surface area contributed by atoms with Crippen LogP contribution in [0.15, 0.2) is 30.5 Å². The average molecular weight is 250 g/mol. The summed E-state index contributed by atoms with van der Waals surface area (Å²) in [4.78, 5) is 7.61. The molecular formula is C13H16ClN3. The summed E-state index contributed by atoms with van der Waals surface area (Å²) in [5.41, 5.74) is 2.05. The molecule has 2 N–H and O–H groups in total. The van der Waals surface area contributed by atoms with Gasteiger partial charge in [0, 0.05) is 16.6 Å². The summed E-state index contributed by atoms with van der Waals surface area (Å²) < 4.78 is 0. The second kappa shape index (κ2) is 5.34. The van der Waals surface area contributed by atoms with E-state index < -0.39 is 0 Å². The van der Waals surface area contributed by atoms with Crippen LogP contribution in [0.5, 0.6) is 0 Å². The zero-order chi connectivity index (χ0) is 12.3. The molecule has 0 spiro atoms. The molecule has 2 rings (SSSR count). The molecule has 0 saturated carbocycles. The zero-order valence-electron chi connectivity index (χ0n) is 10.00. The highest BCUT2D eigenvalue weighted by Gasteiger charge is 2.04. The first-order valence-electron chi connectivity index (χ1n) is 5.68. The Bertz CT molecular complexity index is 491. The molecule has 0 saturated heterocycles. The van der Waals surface area contributed by atoms with Gasteiger partial charge in [-0.05, 0) is 12.1 Å². The van der Waals surface area contributed by atoms with Gasteiger partial charge in [0.2, 0.25) is 0 Å². The Morgan fingerprint density at radius 1 is 1.41 bits per heavy atom. The van der Waals surface area contributed by atoms with Gasteiger partial charge in [-0.1, -0.05) is 37.6 Å². The van der Waals surface area contributed by atoms with Crippen molar-refractivity contribution < 1.29 is 0 Å². The first-order valence-corrected chi connectivity index (χ1v) is 6.06. The van der Waals surface area contributed by atoms with E-state index in [2.05, 4.69) is 29.1 Å². The number of H-pyrrole nitrogens is 1. The van der Waals surface area contributed by atoms with Crippen LogP contribution in [0.25, 0.3) is 11.3 Å². The number of hydrogen-bond donors (Lipinski definition) is 2. The fourth-order valence-corrected chi connectivity index (χ4v) is 1.75. The number of rotatable bonds is 4. The summed E-state index contributed by atoms with van der Waals surface area (Å²) in [6.45, 7) is 4.97. The maximum absolute atomic E-state index is 5.96. The molecule has 0 aliphatic heterocycles. The second-order valence-corrected chi connectivity index (χ2v) is 4.73. The molecule has 1 aromatic carbocycles. The van der Waals surface area contributed by atoms with Crippen molar-refractivity contribution in [1.29, 1.82) is 0 Å². The van der Waals surface area contributed by atoms with Crippen molar-refractivity contribution in [2.45, 2.75) is 26.4 Å². The number of nitrogens with one attached hydrogen (secondary N) is 2. The van der Waals surface area contributed by atoms with E-state index in [1.807, 2.05) is 30.5 Å². The highest BCUT2D eigenvalue weighted by Crippen LogP contribution is 2.20. The van der Waals surface area contributed by atoms with Crippen LogP contribution in [0.4, 0.5) is 0 Å². The van der Waals surface area contributed by atoms with Crippen LogP contribution >= 0.6 is 11.6 Å². The lowest BCUT2D eigenvalue weighted by molar-refractivity contribution is 0.575. The molecule has 0 aliphatic rings. The van der Waals surface area contributed by atoms with E-state index in [1.54, 1.807) is 0 Å². The number of halogens is 1. The molecule has 17 heavy (non-hydrogen) atoms. The molecule has 4 heteroatoms.